The Hall–Kier alpha value is -2.29. The average Bonchev–Trinajstić information content (AvgIpc) is 3.13. The highest BCUT2D eigenvalue weighted by Gasteiger charge is 2.20. The van der Waals surface area contributed by atoms with Crippen LogP contribution in [0.3, 0.4) is 0 Å². The molecular weight excluding hydrogens is 356 g/mol. The Morgan fingerprint density at radius 3 is 2.46 bits per heavy atom. The van der Waals surface area contributed by atoms with Gasteiger partial charge < -0.3 is 18.9 Å². The van der Waals surface area contributed by atoms with Crippen LogP contribution in [0.25, 0.3) is 16.3 Å². The number of rotatable bonds is 9. The Kier molecular flexibility index (Phi) is 7.26. The van der Waals surface area contributed by atoms with Crippen LogP contribution >= 0.6 is 11.3 Å². The minimum absolute atomic E-state index is 0.260. The molecule has 2 heterocycles. The third kappa shape index (κ3) is 4.46. The van der Waals surface area contributed by atoms with E-state index < -0.39 is 12.3 Å². The fourth-order valence-electron chi connectivity index (χ4n) is 2.27. The maximum Gasteiger partial charge on any atom is 0.357 e. The van der Waals surface area contributed by atoms with Crippen molar-refractivity contribution >= 4 is 23.1 Å². The number of hydrogen-bond acceptors (Lipinski definition) is 8. The van der Waals surface area contributed by atoms with Crippen LogP contribution in [-0.2, 0) is 18.9 Å². The number of ether oxygens (including phenoxy) is 4. The SMILES string of the molecule is C=C(OCC)c1nc(C(OC)OC)ccc1-c1nc(C(=O)OCC)cs1. The Balaban J connectivity index is 2.47. The number of esters is 1. The number of carbonyl (C=O) groups is 1. The van der Waals surface area contributed by atoms with Crippen molar-refractivity contribution in [2.75, 3.05) is 27.4 Å². The third-order valence-electron chi connectivity index (χ3n) is 3.39. The van der Waals surface area contributed by atoms with Crippen LogP contribution in [-0.4, -0.2) is 43.4 Å². The molecule has 0 aliphatic rings. The van der Waals surface area contributed by atoms with Crippen molar-refractivity contribution in [3.63, 3.8) is 0 Å². The van der Waals surface area contributed by atoms with Gasteiger partial charge in [-0.2, -0.15) is 0 Å². The van der Waals surface area contributed by atoms with Crippen LogP contribution in [0, 0.1) is 0 Å². The zero-order valence-electron chi connectivity index (χ0n) is 15.3. The van der Waals surface area contributed by atoms with E-state index in [1.165, 1.54) is 25.6 Å². The van der Waals surface area contributed by atoms with Gasteiger partial charge in [0.25, 0.3) is 0 Å². The summed E-state index contributed by atoms with van der Waals surface area (Å²) in [5, 5.41) is 2.27. The second-order valence-corrected chi connectivity index (χ2v) is 5.91. The van der Waals surface area contributed by atoms with Gasteiger partial charge in [0.05, 0.1) is 18.9 Å². The van der Waals surface area contributed by atoms with E-state index in [0.717, 1.165) is 0 Å². The number of thiazole rings is 1. The monoisotopic (exact) mass is 378 g/mol. The molecule has 0 aromatic carbocycles. The molecule has 0 saturated heterocycles. The topological polar surface area (TPSA) is 79.8 Å². The first-order valence-corrected chi connectivity index (χ1v) is 8.95. The maximum absolute atomic E-state index is 11.9. The summed E-state index contributed by atoms with van der Waals surface area (Å²) in [5.41, 5.74) is 2.07. The highest BCUT2D eigenvalue weighted by molar-refractivity contribution is 7.13. The lowest BCUT2D eigenvalue weighted by Gasteiger charge is -2.16. The predicted octanol–water partition coefficient (Wildman–Crippen LogP) is 3.68. The van der Waals surface area contributed by atoms with Crippen molar-refractivity contribution in [2.24, 2.45) is 0 Å². The molecule has 0 atom stereocenters. The normalized spacial score (nSPS) is 10.8. The van der Waals surface area contributed by atoms with E-state index in [1.54, 1.807) is 18.4 Å². The molecule has 2 aromatic rings. The molecule has 0 fully saturated rings. The molecule has 2 rings (SSSR count). The van der Waals surface area contributed by atoms with Crippen LogP contribution in [0.1, 0.15) is 42.0 Å². The summed E-state index contributed by atoms with van der Waals surface area (Å²) in [7, 11) is 3.07. The summed E-state index contributed by atoms with van der Waals surface area (Å²) in [6.45, 7) is 8.31. The molecule has 0 aliphatic carbocycles. The van der Waals surface area contributed by atoms with Gasteiger partial charge in [0.1, 0.15) is 16.5 Å². The third-order valence-corrected chi connectivity index (χ3v) is 4.26. The first-order valence-electron chi connectivity index (χ1n) is 8.07. The molecule has 8 heteroatoms. The van der Waals surface area contributed by atoms with Crippen molar-refractivity contribution in [1.82, 2.24) is 9.97 Å². The molecule has 0 N–H and O–H groups in total. The Labute approximate surface area is 156 Å². The van der Waals surface area contributed by atoms with Crippen LogP contribution < -0.4 is 0 Å². The second-order valence-electron chi connectivity index (χ2n) is 5.05. The summed E-state index contributed by atoms with van der Waals surface area (Å²) in [6.07, 6.45) is -0.608. The number of nitrogens with zero attached hydrogens (tertiary/aromatic N) is 2. The molecule has 2 aromatic heterocycles. The highest BCUT2D eigenvalue weighted by Crippen LogP contribution is 2.32. The van der Waals surface area contributed by atoms with E-state index in [9.17, 15) is 4.79 Å². The van der Waals surface area contributed by atoms with E-state index in [1.807, 2.05) is 13.0 Å². The van der Waals surface area contributed by atoms with Gasteiger partial charge in [-0.05, 0) is 26.0 Å². The molecule has 140 valence electrons. The predicted molar refractivity (Wildman–Crippen MR) is 98.7 cm³/mol. The lowest BCUT2D eigenvalue weighted by molar-refractivity contribution is -0.108. The number of methoxy groups -OCH3 is 2. The van der Waals surface area contributed by atoms with Gasteiger partial charge in [-0.1, -0.05) is 6.58 Å². The number of pyridine rings is 1. The van der Waals surface area contributed by atoms with Crippen LogP contribution in [0.5, 0.6) is 0 Å². The van der Waals surface area contributed by atoms with E-state index in [4.69, 9.17) is 18.9 Å². The average molecular weight is 378 g/mol. The molecule has 0 bridgehead atoms. The molecule has 7 nitrogen and oxygen atoms in total. The van der Waals surface area contributed by atoms with Gasteiger partial charge >= 0.3 is 5.97 Å². The van der Waals surface area contributed by atoms with Crippen molar-refractivity contribution in [1.29, 1.82) is 0 Å². The Bertz CT molecular complexity index is 771. The molecule has 0 amide bonds. The smallest absolute Gasteiger partial charge is 0.357 e. The molecule has 0 radical (unpaired) electrons. The second kappa shape index (κ2) is 9.42. The van der Waals surface area contributed by atoms with Crippen LogP contribution in [0.4, 0.5) is 0 Å². The van der Waals surface area contributed by atoms with Gasteiger partial charge in [-0.25, -0.2) is 14.8 Å². The quantitative estimate of drug-likeness (QED) is 0.374. The summed E-state index contributed by atoms with van der Waals surface area (Å²) in [4.78, 5) is 20.8. The highest BCUT2D eigenvalue weighted by atomic mass is 32.1. The summed E-state index contributed by atoms with van der Waals surface area (Å²) >= 11 is 1.32. The molecule has 0 aliphatic heterocycles. The van der Waals surface area contributed by atoms with Crippen LogP contribution in [0.15, 0.2) is 24.1 Å². The minimum Gasteiger partial charge on any atom is -0.492 e. The largest absolute Gasteiger partial charge is 0.492 e. The molecule has 26 heavy (non-hydrogen) atoms. The van der Waals surface area contributed by atoms with Gasteiger partial charge in [-0.3, -0.25) is 0 Å². The number of aromatic nitrogens is 2. The zero-order chi connectivity index (χ0) is 19.1. The number of hydrogen-bond donors (Lipinski definition) is 0. The standard InChI is InChI=1S/C18H22N2O5S/c1-6-24-11(3)15-12(8-9-13(19-15)18(22-4)23-5)16-20-14(10-26-16)17(21)25-7-2/h8-10,18H,3,6-7H2,1-2,4-5H3. The van der Waals surface area contributed by atoms with Crippen molar-refractivity contribution in [2.45, 2.75) is 20.1 Å². The van der Waals surface area contributed by atoms with E-state index >= 15 is 0 Å². The Morgan fingerprint density at radius 2 is 1.85 bits per heavy atom. The van der Waals surface area contributed by atoms with E-state index in [2.05, 4.69) is 16.5 Å². The van der Waals surface area contributed by atoms with Gasteiger partial charge in [-0.15, -0.1) is 11.3 Å². The zero-order valence-corrected chi connectivity index (χ0v) is 16.1. The first kappa shape index (κ1) is 20.0. The molecule has 0 spiro atoms. The molecule has 0 unspecified atom stereocenters. The summed E-state index contributed by atoms with van der Waals surface area (Å²) < 4.78 is 21.0. The lowest BCUT2D eigenvalue weighted by Crippen LogP contribution is -2.09. The maximum atomic E-state index is 11.9. The fraction of sp³-hybridized carbons (Fsp3) is 0.389. The summed E-state index contributed by atoms with van der Waals surface area (Å²) in [6, 6.07) is 3.61. The van der Waals surface area contributed by atoms with E-state index in [-0.39, 0.29) is 5.69 Å². The fourth-order valence-corrected chi connectivity index (χ4v) is 3.08. The van der Waals surface area contributed by atoms with E-state index in [0.29, 0.717) is 40.9 Å². The van der Waals surface area contributed by atoms with Crippen molar-refractivity contribution in [3.8, 4) is 10.6 Å². The minimum atomic E-state index is -0.608. The van der Waals surface area contributed by atoms with Crippen molar-refractivity contribution in [3.05, 3.63) is 41.2 Å². The summed E-state index contributed by atoms with van der Waals surface area (Å²) in [5.74, 6) is -0.0493. The Morgan fingerprint density at radius 1 is 1.15 bits per heavy atom. The van der Waals surface area contributed by atoms with Gasteiger partial charge in [0.15, 0.2) is 5.69 Å². The first-order chi connectivity index (χ1) is 12.5. The van der Waals surface area contributed by atoms with Gasteiger partial charge in [0.2, 0.25) is 6.29 Å². The molecule has 0 saturated carbocycles. The lowest BCUT2D eigenvalue weighted by atomic mass is 10.1. The van der Waals surface area contributed by atoms with Crippen LogP contribution in [0.2, 0.25) is 0 Å². The van der Waals surface area contributed by atoms with Crippen molar-refractivity contribution < 1.29 is 23.7 Å². The van der Waals surface area contributed by atoms with Gasteiger partial charge in [0, 0.05) is 25.2 Å². The number of carbonyl (C=O) groups excluding carboxylic acids is 1. The molecular formula is C18H22N2O5S.